The highest BCUT2D eigenvalue weighted by Gasteiger charge is 2.32. The van der Waals surface area contributed by atoms with E-state index in [2.05, 4.69) is 5.32 Å². The first-order chi connectivity index (χ1) is 9.38. The van der Waals surface area contributed by atoms with Crippen molar-refractivity contribution >= 4 is 22.9 Å². The molecule has 0 spiro atoms. The minimum absolute atomic E-state index is 0.0555. The Hall–Kier alpha value is -1.04. The van der Waals surface area contributed by atoms with E-state index in [1.165, 1.54) is 23.5 Å². The Labute approximate surface area is 124 Å². The van der Waals surface area contributed by atoms with Crippen molar-refractivity contribution in [3.8, 4) is 0 Å². The van der Waals surface area contributed by atoms with Gasteiger partial charge in [0.25, 0.3) is 0 Å². The van der Waals surface area contributed by atoms with Crippen molar-refractivity contribution in [2.24, 2.45) is 0 Å². The zero-order chi connectivity index (χ0) is 14.8. The molecule has 20 heavy (non-hydrogen) atoms. The summed E-state index contributed by atoms with van der Waals surface area (Å²) in [5.41, 5.74) is 0.626. The summed E-state index contributed by atoms with van der Waals surface area (Å²) in [7, 11) is 0. The molecule has 0 saturated heterocycles. The van der Waals surface area contributed by atoms with Crippen LogP contribution in [0.25, 0.3) is 0 Å². The lowest BCUT2D eigenvalue weighted by molar-refractivity contribution is -0.138. The van der Waals surface area contributed by atoms with E-state index in [4.69, 9.17) is 11.6 Å². The second-order valence-electron chi connectivity index (χ2n) is 4.44. The van der Waals surface area contributed by atoms with Crippen molar-refractivity contribution in [1.82, 2.24) is 5.32 Å². The van der Waals surface area contributed by atoms with Crippen LogP contribution in [0.4, 0.5) is 13.2 Å². The van der Waals surface area contributed by atoms with Gasteiger partial charge in [-0.1, -0.05) is 29.8 Å². The standard InChI is InChI=1S/C14H13ClF3NS/c1-9(11-6-13(15)20-8-11)19-7-10-4-2-3-5-12(10)14(16,17)18/h2-6,8-9,19H,7H2,1H3. The number of alkyl halides is 3. The second kappa shape index (κ2) is 6.16. The maximum atomic E-state index is 12.9. The van der Waals surface area contributed by atoms with E-state index in [0.717, 1.165) is 11.6 Å². The van der Waals surface area contributed by atoms with Crippen LogP contribution < -0.4 is 5.32 Å². The summed E-state index contributed by atoms with van der Waals surface area (Å²) >= 11 is 7.26. The predicted molar refractivity (Wildman–Crippen MR) is 76.0 cm³/mol. The van der Waals surface area contributed by atoms with Gasteiger partial charge < -0.3 is 5.32 Å². The summed E-state index contributed by atoms with van der Waals surface area (Å²) in [6.07, 6.45) is -4.33. The van der Waals surface area contributed by atoms with Crippen LogP contribution in [0, 0.1) is 0 Å². The van der Waals surface area contributed by atoms with Gasteiger partial charge in [0.05, 0.1) is 9.90 Å². The summed E-state index contributed by atoms with van der Waals surface area (Å²) in [6, 6.07) is 7.36. The quantitative estimate of drug-likeness (QED) is 0.809. The zero-order valence-electron chi connectivity index (χ0n) is 10.7. The fraction of sp³-hybridized carbons (Fsp3) is 0.286. The van der Waals surface area contributed by atoms with Crippen LogP contribution in [0.2, 0.25) is 4.34 Å². The lowest BCUT2D eigenvalue weighted by Crippen LogP contribution is -2.20. The van der Waals surface area contributed by atoms with E-state index in [0.29, 0.717) is 4.34 Å². The molecule has 6 heteroatoms. The van der Waals surface area contributed by atoms with Crippen molar-refractivity contribution in [1.29, 1.82) is 0 Å². The van der Waals surface area contributed by atoms with Crippen molar-refractivity contribution in [3.05, 3.63) is 56.7 Å². The highest BCUT2D eigenvalue weighted by Crippen LogP contribution is 2.32. The molecule has 1 aromatic heterocycles. The smallest absolute Gasteiger partial charge is 0.306 e. The highest BCUT2D eigenvalue weighted by molar-refractivity contribution is 7.14. The average molecular weight is 320 g/mol. The van der Waals surface area contributed by atoms with E-state index in [9.17, 15) is 13.2 Å². The molecule has 0 fully saturated rings. The van der Waals surface area contributed by atoms with Crippen LogP contribution in [0.5, 0.6) is 0 Å². The Morgan fingerprint density at radius 2 is 2.00 bits per heavy atom. The highest BCUT2D eigenvalue weighted by atomic mass is 35.5. The number of benzene rings is 1. The number of halogens is 4. The molecule has 0 amide bonds. The zero-order valence-corrected chi connectivity index (χ0v) is 12.2. The van der Waals surface area contributed by atoms with Crippen LogP contribution in [0.15, 0.2) is 35.7 Å². The fourth-order valence-corrected chi connectivity index (χ4v) is 2.87. The fourth-order valence-electron chi connectivity index (χ4n) is 1.88. The molecule has 1 atom stereocenters. The van der Waals surface area contributed by atoms with Gasteiger partial charge in [0.15, 0.2) is 0 Å². The Morgan fingerprint density at radius 3 is 2.60 bits per heavy atom. The van der Waals surface area contributed by atoms with Gasteiger partial charge >= 0.3 is 6.18 Å². The van der Waals surface area contributed by atoms with Gasteiger partial charge in [-0.15, -0.1) is 11.3 Å². The van der Waals surface area contributed by atoms with Crippen molar-refractivity contribution in [3.63, 3.8) is 0 Å². The first-order valence-electron chi connectivity index (χ1n) is 6.00. The molecule has 0 aliphatic heterocycles. The van der Waals surface area contributed by atoms with E-state index < -0.39 is 11.7 Å². The summed E-state index contributed by atoms with van der Waals surface area (Å²) in [4.78, 5) is 0. The number of nitrogens with one attached hydrogen (secondary N) is 1. The summed E-state index contributed by atoms with van der Waals surface area (Å²) in [6.45, 7) is 2.05. The van der Waals surface area contributed by atoms with Crippen molar-refractivity contribution in [2.45, 2.75) is 25.7 Å². The van der Waals surface area contributed by atoms with Crippen LogP contribution >= 0.6 is 22.9 Å². The van der Waals surface area contributed by atoms with Gasteiger partial charge in [-0.25, -0.2) is 0 Å². The third kappa shape index (κ3) is 3.75. The molecule has 2 aromatic rings. The SMILES string of the molecule is CC(NCc1ccccc1C(F)(F)F)c1csc(Cl)c1. The third-order valence-corrected chi connectivity index (χ3v) is 4.12. The van der Waals surface area contributed by atoms with Gasteiger partial charge in [0, 0.05) is 12.6 Å². The Kier molecular flexibility index (Phi) is 4.73. The summed E-state index contributed by atoms with van der Waals surface area (Å²) < 4.78 is 39.2. The molecule has 2 rings (SSSR count). The van der Waals surface area contributed by atoms with Gasteiger partial charge in [-0.05, 0) is 35.6 Å². The molecule has 1 aromatic carbocycles. The lowest BCUT2D eigenvalue weighted by atomic mass is 10.1. The van der Waals surface area contributed by atoms with Gasteiger partial charge in [0.2, 0.25) is 0 Å². The topological polar surface area (TPSA) is 12.0 Å². The number of rotatable bonds is 4. The molecule has 0 radical (unpaired) electrons. The normalized spacial score (nSPS) is 13.4. The molecule has 0 aliphatic carbocycles. The Balaban J connectivity index is 2.08. The summed E-state index contributed by atoms with van der Waals surface area (Å²) in [5, 5.41) is 4.99. The Bertz CT molecular complexity index is 580. The lowest BCUT2D eigenvalue weighted by Gasteiger charge is -2.16. The van der Waals surface area contributed by atoms with Crippen LogP contribution in [0.3, 0.4) is 0 Å². The maximum absolute atomic E-state index is 12.9. The van der Waals surface area contributed by atoms with E-state index in [1.807, 2.05) is 18.4 Å². The third-order valence-electron chi connectivity index (χ3n) is 3.01. The van der Waals surface area contributed by atoms with Crippen LogP contribution in [-0.4, -0.2) is 0 Å². The monoisotopic (exact) mass is 319 g/mol. The van der Waals surface area contributed by atoms with E-state index in [1.54, 1.807) is 6.07 Å². The van der Waals surface area contributed by atoms with Crippen LogP contribution in [0.1, 0.15) is 29.7 Å². The number of hydrogen-bond acceptors (Lipinski definition) is 2. The second-order valence-corrected chi connectivity index (χ2v) is 5.98. The van der Waals surface area contributed by atoms with E-state index >= 15 is 0 Å². The molecular formula is C14H13ClF3NS. The number of thiophene rings is 1. The van der Waals surface area contributed by atoms with Gasteiger partial charge in [-0.2, -0.15) is 13.2 Å². The molecule has 0 saturated carbocycles. The molecule has 1 N–H and O–H groups in total. The van der Waals surface area contributed by atoms with Gasteiger partial charge in [-0.3, -0.25) is 0 Å². The largest absolute Gasteiger partial charge is 0.416 e. The maximum Gasteiger partial charge on any atom is 0.416 e. The average Bonchev–Trinajstić information content (AvgIpc) is 2.82. The molecule has 1 unspecified atom stereocenters. The summed E-state index contributed by atoms with van der Waals surface area (Å²) in [5.74, 6) is 0. The van der Waals surface area contributed by atoms with Gasteiger partial charge in [0.1, 0.15) is 0 Å². The van der Waals surface area contributed by atoms with E-state index in [-0.39, 0.29) is 18.2 Å². The molecule has 0 bridgehead atoms. The predicted octanol–water partition coefficient (Wildman–Crippen LogP) is 5.27. The molecule has 0 aliphatic rings. The molecular weight excluding hydrogens is 307 g/mol. The van der Waals surface area contributed by atoms with Crippen molar-refractivity contribution in [2.75, 3.05) is 0 Å². The minimum atomic E-state index is -4.33. The minimum Gasteiger partial charge on any atom is -0.306 e. The first kappa shape index (κ1) is 15.4. The first-order valence-corrected chi connectivity index (χ1v) is 7.26. The molecule has 1 nitrogen and oxygen atoms in total. The molecule has 1 heterocycles. The van der Waals surface area contributed by atoms with Crippen LogP contribution in [-0.2, 0) is 12.7 Å². The van der Waals surface area contributed by atoms with Crippen molar-refractivity contribution < 1.29 is 13.2 Å². The number of hydrogen-bond donors (Lipinski definition) is 1. The molecule has 108 valence electrons. The Morgan fingerprint density at radius 1 is 1.30 bits per heavy atom.